The number of rotatable bonds is 3. The predicted molar refractivity (Wildman–Crippen MR) is 73.6 cm³/mol. The van der Waals surface area contributed by atoms with E-state index in [-0.39, 0.29) is 0 Å². The first-order chi connectivity index (χ1) is 8.51. The Morgan fingerprint density at radius 2 is 2.06 bits per heavy atom. The Morgan fingerprint density at radius 1 is 1.44 bits per heavy atom. The molecule has 1 saturated heterocycles. The smallest absolute Gasteiger partial charge is 0.347 e. The molecule has 2 rings (SSSR count). The van der Waals surface area contributed by atoms with Crippen molar-refractivity contribution < 1.29 is 9.90 Å². The number of nitrogens with zero attached hydrogens (tertiary/aromatic N) is 2. The molecule has 0 aliphatic carbocycles. The molecule has 0 aromatic carbocycles. The maximum Gasteiger partial charge on any atom is 0.347 e. The van der Waals surface area contributed by atoms with Crippen molar-refractivity contribution in [1.29, 1.82) is 0 Å². The molecule has 0 amide bonds. The van der Waals surface area contributed by atoms with Crippen molar-refractivity contribution in [3.63, 3.8) is 0 Å². The highest BCUT2D eigenvalue weighted by molar-refractivity contribution is 7.17. The number of aryl methyl sites for hydroxylation is 1. The molecule has 2 heterocycles. The van der Waals surface area contributed by atoms with Crippen molar-refractivity contribution in [2.75, 3.05) is 18.0 Å². The number of anilines is 1. The van der Waals surface area contributed by atoms with Gasteiger partial charge < -0.3 is 10.0 Å². The molecule has 1 aliphatic heterocycles. The summed E-state index contributed by atoms with van der Waals surface area (Å²) in [5.41, 5.74) is 0.716. The van der Waals surface area contributed by atoms with Gasteiger partial charge in [0, 0.05) is 13.1 Å². The topological polar surface area (TPSA) is 53.4 Å². The number of thiazole rings is 1. The van der Waals surface area contributed by atoms with E-state index in [4.69, 9.17) is 5.11 Å². The second kappa shape index (κ2) is 5.26. The van der Waals surface area contributed by atoms with Gasteiger partial charge in [0.15, 0.2) is 5.13 Å². The normalized spacial score (nSPS) is 24.3. The Hall–Kier alpha value is -1.10. The molecule has 5 heteroatoms. The molecule has 1 N–H and O–H groups in total. The zero-order chi connectivity index (χ0) is 13.3. The fourth-order valence-electron chi connectivity index (χ4n) is 2.70. The maximum absolute atomic E-state index is 11.2. The monoisotopic (exact) mass is 268 g/mol. The molecule has 0 radical (unpaired) electrons. The molecule has 1 aromatic rings. The number of carboxylic acids is 1. The van der Waals surface area contributed by atoms with Gasteiger partial charge in [-0.15, -0.1) is 0 Å². The third-order valence-electron chi connectivity index (χ3n) is 3.35. The molecule has 4 nitrogen and oxygen atoms in total. The highest BCUT2D eigenvalue weighted by atomic mass is 32.1. The van der Waals surface area contributed by atoms with E-state index in [9.17, 15) is 4.79 Å². The highest BCUT2D eigenvalue weighted by Crippen LogP contribution is 2.31. The summed E-state index contributed by atoms with van der Waals surface area (Å²) in [5.74, 6) is 0.445. The molecule has 1 fully saturated rings. The largest absolute Gasteiger partial charge is 0.477 e. The van der Waals surface area contributed by atoms with Crippen molar-refractivity contribution in [2.45, 2.75) is 33.6 Å². The molecule has 1 aromatic heterocycles. The lowest BCUT2D eigenvalue weighted by Gasteiger charge is -2.34. The number of carboxylic acid groups (broad SMARTS) is 1. The molecule has 0 spiro atoms. The Kier molecular flexibility index (Phi) is 3.90. The third kappa shape index (κ3) is 2.66. The highest BCUT2D eigenvalue weighted by Gasteiger charge is 2.26. The quantitative estimate of drug-likeness (QED) is 0.916. The van der Waals surface area contributed by atoms with E-state index >= 15 is 0 Å². The predicted octanol–water partition coefficient (Wildman–Crippen LogP) is 2.89. The molecule has 1 aliphatic rings. The molecule has 100 valence electrons. The van der Waals surface area contributed by atoms with Gasteiger partial charge in [0.1, 0.15) is 4.88 Å². The number of carbonyl (C=O) groups is 1. The number of hydrogen-bond acceptors (Lipinski definition) is 4. The van der Waals surface area contributed by atoms with Gasteiger partial charge in [0.25, 0.3) is 0 Å². The number of aromatic nitrogens is 1. The Balaban J connectivity index is 2.25. The fraction of sp³-hybridized carbons (Fsp3) is 0.692. The van der Waals surface area contributed by atoms with E-state index < -0.39 is 5.97 Å². The minimum absolute atomic E-state index is 0.401. The van der Waals surface area contributed by atoms with Crippen LogP contribution in [0.4, 0.5) is 5.13 Å². The van der Waals surface area contributed by atoms with Gasteiger partial charge in [-0.2, -0.15) is 0 Å². The van der Waals surface area contributed by atoms with Crippen LogP contribution in [0, 0.1) is 11.8 Å². The summed E-state index contributed by atoms with van der Waals surface area (Å²) in [6.45, 7) is 8.41. The van der Waals surface area contributed by atoms with Crippen LogP contribution in [0.15, 0.2) is 0 Å². The first-order valence-electron chi connectivity index (χ1n) is 6.49. The van der Waals surface area contributed by atoms with E-state index in [0.29, 0.717) is 28.8 Å². The minimum atomic E-state index is -0.853. The second-order valence-corrected chi connectivity index (χ2v) is 6.26. The molecule has 0 bridgehead atoms. The van der Waals surface area contributed by atoms with Gasteiger partial charge in [-0.25, -0.2) is 9.78 Å². The minimum Gasteiger partial charge on any atom is -0.477 e. The number of aromatic carboxylic acids is 1. The SMILES string of the molecule is CCc1nc(N2CC(C)CC(C)C2)sc1C(=O)O. The molecular formula is C13H20N2O2S. The standard InChI is InChI=1S/C13H20N2O2S/c1-4-10-11(12(16)17)18-13(14-10)15-6-8(2)5-9(3)7-15/h8-9H,4-7H2,1-3H3,(H,16,17). The summed E-state index contributed by atoms with van der Waals surface area (Å²) in [5, 5.41) is 10.0. The lowest BCUT2D eigenvalue weighted by atomic mass is 9.92. The second-order valence-electron chi connectivity index (χ2n) is 5.28. The summed E-state index contributed by atoms with van der Waals surface area (Å²) >= 11 is 1.32. The van der Waals surface area contributed by atoms with Crippen LogP contribution in [-0.4, -0.2) is 29.1 Å². The summed E-state index contributed by atoms with van der Waals surface area (Å²) < 4.78 is 0. The van der Waals surface area contributed by atoms with Crippen LogP contribution in [-0.2, 0) is 6.42 Å². The first-order valence-corrected chi connectivity index (χ1v) is 7.30. The van der Waals surface area contributed by atoms with Crippen LogP contribution in [0.3, 0.4) is 0 Å². The van der Waals surface area contributed by atoms with Crippen molar-refractivity contribution in [2.24, 2.45) is 11.8 Å². The van der Waals surface area contributed by atoms with E-state index in [1.165, 1.54) is 17.8 Å². The average molecular weight is 268 g/mol. The van der Waals surface area contributed by atoms with Crippen molar-refractivity contribution in [3.05, 3.63) is 10.6 Å². The lowest BCUT2D eigenvalue weighted by Crippen LogP contribution is -2.38. The van der Waals surface area contributed by atoms with E-state index in [0.717, 1.165) is 18.2 Å². The summed E-state index contributed by atoms with van der Waals surface area (Å²) in [6, 6.07) is 0. The molecule has 0 saturated carbocycles. The number of piperidine rings is 1. The number of hydrogen-bond donors (Lipinski definition) is 1. The van der Waals surface area contributed by atoms with Crippen LogP contribution in [0.25, 0.3) is 0 Å². The molecule has 18 heavy (non-hydrogen) atoms. The third-order valence-corrected chi connectivity index (χ3v) is 4.50. The van der Waals surface area contributed by atoms with E-state index in [1.54, 1.807) is 0 Å². The van der Waals surface area contributed by atoms with Crippen molar-refractivity contribution >= 4 is 22.4 Å². The summed E-state index contributed by atoms with van der Waals surface area (Å²) in [4.78, 5) is 18.3. The van der Waals surface area contributed by atoms with Gasteiger partial charge in [-0.1, -0.05) is 32.1 Å². The zero-order valence-electron chi connectivity index (χ0n) is 11.1. The fourth-order valence-corrected chi connectivity index (χ4v) is 3.71. The van der Waals surface area contributed by atoms with E-state index in [1.807, 2.05) is 6.92 Å². The van der Waals surface area contributed by atoms with Crippen LogP contribution in [0.1, 0.15) is 42.6 Å². The van der Waals surface area contributed by atoms with Gasteiger partial charge in [-0.3, -0.25) is 0 Å². The van der Waals surface area contributed by atoms with Gasteiger partial charge >= 0.3 is 5.97 Å². The molecule has 2 atom stereocenters. The average Bonchev–Trinajstić information content (AvgIpc) is 2.71. The lowest BCUT2D eigenvalue weighted by molar-refractivity contribution is 0.0701. The van der Waals surface area contributed by atoms with Gasteiger partial charge in [-0.05, 0) is 24.7 Å². The summed E-state index contributed by atoms with van der Waals surface area (Å²) in [7, 11) is 0. The Labute approximate surface area is 112 Å². The molecule has 2 unspecified atom stereocenters. The summed E-state index contributed by atoms with van der Waals surface area (Å²) in [6.07, 6.45) is 1.92. The van der Waals surface area contributed by atoms with Gasteiger partial charge in [0.05, 0.1) is 5.69 Å². The maximum atomic E-state index is 11.2. The van der Waals surface area contributed by atoms with Crippen molar-refractivity contribution in [3.8, 4) is 0 Å². The van der Waals surface area contributed by atoms with E-state index in [2.05, 4.69) is 23.7 Å². The van der Waals surface area contributed by atoms with Crippen LogP contribution < -0.4 is 4.90 Å². The Bertz CT molecular complexity index is 434. The van der Waals surface area contributed by atoms with Gasteiger partial charge in [0.2, 0.25) is 0 Å². The zero-order valence-corrected chi connectivity index (χ0v) is 12.0. The van der Waals surface area contributed by atoms with Crippen LogP contribution in [0.2, 0.25) is 0 Å². The Morgan fingerprint density at radius 3 is 2.50 bits per heavy atom. The van der Waals surface area contributed by atoms with Crippen LogP contribution in [0.5, 0.6) is 0 Å². The van der Waals surface area contributed by atoms with Crippen LogP contribution >= 0.6 is 11.3 Å². The van der Waals surface area contributed by atoms with Crippen molar-refractivity contribution in [1.82, 2.24) is 4.98 Å². The first kappa shape index (κ1) is 13.3. The molecular weight excluding hydrogens is 248 g/mol.